The van der Waals surface area contributed by atoms with Crippen molar-refractivity contribution < 1.29 is 9.47 Å². The largest absolute Gasteiger partial charge is 0.497 e. The zero-order valence-corrected chi connectivity index (χ0v) is 12.5. The fourth-order valence-corrected chi connectivity index (χ4v) is 2.57. The molecule has 1 aromatic rings. The van der Waals surface area contributed by atoms with E-state index in [4.69, 9.17) is 9.47 Å². The van der Waals surface area contributed by atoms with E-state index in [0.717, 1.165) is 44.9 Å². The predicted molar refractivity (Wildman–Crippen MR) is 81.4 cm³/mol. The van der Waals surface area contributed by atoms with Gasteiger partial charge < -0.3 is 20.1 Å². The first-order valence-corrected chi connectivity index (χ1v) is 7.45. The van der Waals surface area contributed by atoms with Gasteiger partial charge in [0.2, 0.25) is 0 Å². The number of hydrogen-bond acceptors (Lipinski definition) is 4. The van der Waals surface area contributed by atoms with Crippen LogP contribution in [0.15, 0.2) is 24.3 Å². The highest BCUT2D eigenvalue weighted by Crippen LogP contribution is 2.12. The molecule has 0 radical (unpaired) electrons. The van der Waals surface area contributed by atoms with Gasteiger partial charge >= 0.3 is 0 Å². The van der Waals surface area contributed by atoms with Crippen molar-refractivity contribution in [1.29, 1.82) is 0 Å². The molecule has 4 nitrogen and oxygen atoms in total. The maximum absolute atomic E-state index is 5.48. The van der Waals surface area contributed by atoms with Crippen molar-refractivity contribution in [2.75, 3.05) is 33.4 Å². The Morgan fingerprint density at radius 1 is 1.50 bits per heavy atom. The lowest BCUT2D eigenvalue weighted by molar-refractivity contribution is 0.0713. The van der Waals surface area contributed by atoms with Gasteiger partial charge in [-0.15, -0.1) is 0 Å². The Morgan fingerprint density at radius 3 is 3.15 bits per heavy atom. The summed E-state index contributed by atoms with van der Waals surface area (Å²) in [5.74, 6) is 0.930. The highest BCUT2D eigenvalue weighted by atomic mass is 16.5. The second-order valence-electron chi connectivity index (χ2n) is 5.42. The Hall–Kier alpha value is -1.10. The predicted octanol–water partition coefficient (Wildman–Crippen LogP) is 1.59. The third kappa shape index (κ3) is 5.12. The quantitative estimate of drug-likeness (QED) is 0.795. The zero-order chi connectivity index (χ0) is 14.2. The molecule has 0 bridgehead atoms. The molecule has 1 heterocycles. The molecule has 2 rings (SSSR count). The summed E-state index contributed by atoms with van der Waals surface area (Å²) in [6, 6.07) is 9.26. The van der Waals surface area contributed by atoms with E-state index in [0.29, 0.717) is 12.1 Å². The number of hydrogen-bond donors (Lipinski definition) is 2. The number of morpholine rings is 1. The SMILES string of the molecule is COc1cccc(CCNC(C)CC2COCCN2)c1. The van der Waals surface area contributed by atoms with E-state index in [2.05, 4.69) is 29.7 Å². The van der Waals surface area contributed by atoms with Crippen LogP contribution in [0.3, 0.4) is 0 Å². The molecule has 0 spiro atoms. The van der Waals surface area contributed by atoms with Crippen molar-refractivity contribution in [3.8, 4) is 5.75 Å². The molecular formula is C16H26N2O2. The van der Waals surface area contributed by atoms with Gasteiger partial charge in [0.15, 0.2) is 0 Å². The molecular weight excluding hydrogens is 252 g/mol. The molecule has 20 heavy (non-hydrogen) atoms. The Labute approximate surface area is 121 Å². The Kier molecular flexibility index (Phi) is 6.30. The van der Waals surface area contributed by atoms with Gasteiger partial charge in [0.05, 0.1) is 20.3 Å². The van der Waals surface area contributed by atoms with E-state index in [9.17, 15) is 0 Å². The van der Waals surface area contributed by atoms with Crippen molar-refractivity contribution in [1.82, 2.24) is 10.6 Å². The van der Waals surface area contributed by atoms with E-state index in [1.807, 2.05) is 12.1 Å². The topological polar surface area (TPSA) is 42.5 Å². The molecule has 0 amide bonds. The van der Waals surface area contributed by atoms with Gasteiger partial charge in [0.1, 0.15) is 5.75 Å². The highest BCUT2D eigenvalue weighted by molar-refractivity contribution is 5.28. The van der Waals surface area contributed by atoms with Gasteiger partial charge in [-0.1, -0.05) is 12.1 Å². The molecule has 1 aliphatic rings. The van der Waals surface area contributed by atoms with Crippen molar-refractivity contribution in [3.63, 3.8) is 0 Å². The molecule has 0 aliphatic carbocycles. The van der Waals surface area contributed by atoms with Gasteiger partial charge in [-0.3, -0.25) is 0 Å². The molecule has 1 fully saturated rings. The van der Waals surface area contributed by atoms with Crippen molar-refractivity contribution in [3.05, 3.63) is 29.8 Å². The Balaban J connectivity index is 1.66. The van der Waals surface area contributed by atoms with Crippen LogP contribution in [0.5, 0.6) is 5.75 Å². The van der Waals surface area contributed by atoms with Crippen molar-refractivity contribution in [2.24, 2.45) is 0 Å². The van der Waals surface area contributed by atoms with Crippen LogP contribution in [0.25, 0.3) is 0 Å². The summed E-state index contributed by atoms with van der Waals surface area (Å²) >= 11 is 0. The third-order valence-electron chi connectivity index (χ3n) is 3.68. The molecule has 112 valence electrons. The molecule has 0 saturated carbocycles. The number of benzene rings is 1. The molecule has 0 aromatic heterocycles. The van der Waals surface area contributed by atoms with Gasteiger partial charge in [-0.2, -0.15) is 0 Å². The first kappa shape index (κ1) is 15.3. The van der Waals surface area contributed by atoms with Crippen molar-refractivity contribution >= 4 is 0 Å². The minimum Gasteiger partial charge on any atom is -0.497 e. The lowest BCUT2D eigenvalue weighted by atomic mass is 10.1. The summed E-state index contributed by atoms with van der Waals surface area (Å²) in [7, 11) is 1.71. The first-order valence-electron chi connectivity index (χ1n) is 7.45. The van der Waals surface area contributed by atoms with Crippen LogP contribution >= 0.6 is 0 Å². The molecule has 4 heteroatoms. The normalized spacial score (nSPS) is 20.6. The molecule has 2 unspecified atom stereocenters. The lowest BCUT2D eigenvalue weighted by Gasteiger charge is -2.26. The van der Waals surface area contributed by atoms with Gasteiger partial charge in [0, 0.05) is 18.6 Å². The van der Waals surface area contributed by atoms with E-state index >= 15 is 0 Å². The Bertz CT molecular complexity index is 392. The standard InChI is InChI=1S/C16H26N2O2/c1-13(10-15-12-20-9-8-18-15)17-7-6-14-4-3-5-16(11-14)19-2/h3-5,11,13,15,17-18H,6-10,12H2,1-2H3. The summed E-state index contributed by atoms with van der Waals surface area (Å²) in [6.45, 7) is 5.88. The van der Waals surface area contributed by atoms with Crippen LogP contribution in [-0.4, -0.2) is 45.5 Å². The minimum atomic E-state index is 0.489. The molecule has 1 aromatic carbocycles. The van der Waals surface area contributed by atoms with Crippen LogP contribution in [-0.2, 0) is 11.2 Å². The monoisotopic (exact) mass is 278 g/mol. The average Bonchev–Trinajstić information content (AvgIpc) is 2.48. The smallest absolute Gasteiger partial charge is 0.119 e. The molecule has 2 atom stereocenters. The van der Waals surface area contributed by atoms with Crippen LogP contribution in [0.4, 0.5) is 0 Å². The summed E-state index contributed by atoms with van der Waals surface area (Å²) in [5.41, 5.74) is 1.31. The van der Waals surface area contributed by atoms with Gasteiger partial charge in [-0.05, 0) is 44.0 Å². The summed E-state index contributed by atoms with van der Waals surface area (Å²) in [6.07, 6.45) is 2.13. The van der Waals surface area contributed by atoms with Gasteiger partial charge in [-0.25, -0.2) is 0 Å². The van der Waals surface area contributed by atoms with E-state index in [1.54, 1.807) is 7.11 Å². The second kappa shape index (κ2) is 8.25. The zero-order valence-electron chi connectivity index (χ0n) is 12.5. The number of rotatable bonds is 7. The van der Waals surface area contributed by atoms with E-state index < -0.39 is 0 Å². The molecule has 1 aliphatic heterocycles. The summed E-state index contributed by atoms with van der Waals surface area (Å²) < 4.78 is 10.7. The number of nitrogens with one attached hydrogen (secondary N) is 2. The lowest BCUT2D eigenvalue weighted by Crippen LogP contribution is -2.45. The van der Waals surface area contributed by atoms with Crippen LogP contribution in [0.2, 0.25) is 0 Å². The highest BCUT2D eigenvalue weighted by Gasteiger charge is 2.15. The van der Waals surface area contributed by atoms with E-state index in [-0.39, 0.29) is 0 Å². The number of methoxy groups -OCH3 is 1. The fraction of sp³-hybridized carbons (Fsp3) is 0.625. The molecule has 2 N–H and O–H groups in total. The summed E-state index contributed by atoms with van der Waals surface area (Å²) in [5, 5.41) is 7.07. The average molecular weight is 278 g/mol. The van der Waals surface area contributed by atoms with Crippen LogP contribution < -0.4 is 15.4 Å². The number of ether oxygens (including phenoxy) is 2. The molecule has 1 saturated heterocycles. The summed E-state index contributed by atoms with van der Waals surface area (Å²) in [4.78, 5) is 0. The van der Waals surface area contributed by atoms with Crippen molar-refractivity contribution in [2.45, 2.75) is 31.8 Å². The second-order valence-corrected chi connectivity index (χ2v) is 5.42. The maximum Gasteiger partial charge on any atom is 0.119 e. The van der Waals surface area contributed by atoms with Crippen LogP contribution in [0, 0.1) is 0 Å². The van der Waals surface area contributed by atoms with Gasteiger partial charge in [0.25, 0.3) is 0 Å². The fourth-order valence-electron chi connectivity index (χ4n) is 2.57. The third-order valence-corrected chi connectivity index (χ3v) is 3.68. The van der Waals surface area contributed by atoms with Crippen LogP contribution in [0.1, 0.15) is 18.9 Å². The van der Waals surface area contributed by atoms with E-state index in [1.165, 1.54) is 5.56 Å². The first-order chi connectivity index (χ1) is 9.78. The maximum atomic E-state index is 5.48. The Morgan fingerprint density at radius 2 is 2.40 bits per heavy atom. The minimum absolute atomic E-state index is 0.489.